The van der Waals surface area contributed by atoms with Crippen LogP contribution >= 0.6 is 0 Å². The summed E-state index contributed by atoms with van der Waals surface area (Å²) in [4.78, 5) is 6.64. The number of aromatic nitrogens is 3. The van der Waals surface area contributed by atoms with Crippen LogP contribution in [-0.2, 0) is 6.54 Å². The molecule has 3 aromatic rings. The van der Waals surface area contributed by atoms with Crippen LogP contribution in [0.3, 0.4) is 0 Å². The topological polar surface area (TPSA) is 68.7 Å². The van der Waals surface area contributed by atoms with Gasteiger partial charge in [0.2, 0.25) is 5.88 Å². The Kier molecular flexibility index (Phi) is 4.23. The molecule has 130 valence electrons. The molecule has 6 nitrogen and oxygen atoms in total. The molecule has 7 heteroatoms. The van der Waals surface area contributed by atoms with Gasteiger partial charge in [-0.3, -0.25) is 4.90 Å². The van der Waals surface area contributed by atoms with Gasteiger partial charge in [0.25, 0.3) is 0 Å². The van der Waals surface area contributed by atoms with E-state index in [1.54, 1.807) is 10.6 Å². The van der Waals surface area contributed by atoms with Crippen molar-refractivity contribution in [3.63, 3.8) is 0 Å². The van der Waals surface area contributed by atoms with E-state index in [-0.39, 0.29) is 5.75 Å². The molecule has 0 spiro atoms. The van der Waals surface area contributed by atoms with Crippen LogP contribution in [0.5, 0.6) is 11.6 Å². The third-order valence-electron chi connectivity index (χ3n) is 4.51. The molecule has 1 saturated heterocycles. The minimum atomic E-state index is -0.513. The highest BCUT2D eigenvalue weighted by molar-refractivity contribution is 5.63. The number of nitrogens with two attached hydrogens (primary N) is 1. The molecule has 0 saturated carbocycles. The summed E-state index contributed by atoms with van der Waals surface area (Å²) in [6.45, 7) is 2.99. The number of nitrogen functional groups attached to an aromatic ring is 1. The summed E-state index contributed by atoms with van der Waals surface area (Å²) >= 11 is 0. The molecule has 4 rings (SSSR count). The number of hydrogen-bond donors (Lipinski definition) is 1. The molecular formula is C18H20FN5O. The minimum Gasteiger partial charge on any atom is -0.434 e. The standard InChI is InChI=1S/C18H20FN5O/c19-15-10-14(20)4-5-16(15)25-18-17-13(6-9-24(17)22-12-21-18)11-23-7-2-1-3-8-23/h4-6,9-10,12H,1-3,7-8,11,20H2. The van der Waals surface area contributed by atoms with E-state index < -0.39 is 5.82 Å². The lowest BCUT2D eigenvalue weighted by atomic mass is 10.1. The van der Waals surface area contributed by atoms with Crippen LogP contribution in [0.25, 0.3) is 5.52 Å². The fourth-order valence-corrected chi connectivity index (χ4v) is 3.25. The van der Waals surface area contributed by atoms with Gasteiger partial charge >= 0.3 is 0 Å². The molecule has 0 unspecified atom stereocenters. The lowest BCUT2D eigenvalue weighted by molar-refractivity contribution is 0.221. The monoisotopic (exact) mass is 341 g/mol. The van der Waals surface area contributed by atoms with E-state index in [0.29, 0.717) is 11.6 Å². The number of hydrogen-bond acceptors (Lipinski definition) is 5. The summed E-state index contributed by atoms with van der Waals surface area (Å²) < 4.78 is 21.5. The van der Waals surface area contributed by atoms with Gasteiger partial charge in [-0.1, -0.05) is 6.42 Å². The zero-order valence-electron chi connectivity index (χ0n) is 13.9. The van der Waals surface area contributed by atoms with Crippen molar-refractivity contribution in [2.45, 2.75) is 25.8 Å². The SMILES string of the molecule is Nc1ccc(Oc2ncnn3ccc(CN4CCCCC4)c23)c(F)c1. The number of ether oxygens (including phenoxy) is 1. The molecule has 0 amide bonds. The van der Waals surface area contributed by atoms with Crippen LogP contribution < -0.4 is 10.5 Å². The molecular weight excluding hydrogens is 321 g/mol. The molecule has 1 aliphatic heterocycles. The van der Waals surface area contributed by atoms with Crippen molar-refractivity contribution >= 4 is 11.2 Å². The number of nitrogens with zero attached hydrogens (tertiary/aromatic N) is 4. The zero-order chi connectivity index (χ0) is 17.2. The number of likely N-dealkylation sites (tertiary alicyclic amines) is 1. The molecule has 2 N–H and O–H groups in total. The quantitative estimate of drug-likeness (QED) is 0.738. The maximum absolute atomic E-state index is 14.1. The Morgan fingerprint density at radius 2 is 2.00 bits per heavy atom. The Morgan fingerprint density at radius 3 is 2.80 bits per heavy atom. The molecule has 25 heavy (non-hydrogen) atoms. The minimum absolute atomic E-state index is 0.0972. The van der Waals surface area contributed by atoms with Gasteiger partial charge in [-0.2, -0.15) is 10.1 Å². The first-order valence-electron chi connectivity index (χ1n) is 8.47. The van der Waals surface area contributed by atoms with Crippen LogP contribution in [-0.4, -0.2) is 32.6 Å². The summed E-state index contributed by atoms with van der Waals surface area (Å²) in [5.74, 6) is -0.0727. The third-order valence-corrected chi connectivity index (χ3v) is 4.51. The van der Waals surface area contributed by atoms with Gasteiger partial charge in [-0.25, -0.2) is 8.91 Å². The van der Waals surface area contributed by atoms with Crippen LogP contribution in [0.15, 0.2) is 36.8 Å². The maximum atomic E-state index is 14.1. The largest absolute Gasteiger partial charge is 0.434 e. The van der Waals surface area contributed by atoms with Gasteiger partial charge in [0.1, 0.15) is 11.8 Å². The van der Waals surface area contributed by atoms with E-state index in [4.69, 9.17) is 10.5 Å². The number of piperidine rings is 1. The molecule has 2 aromatic heterocycles. The summed E-state index contributed by atoms with van der Waals surface area (Å²) in [5, 5.41) is 4.23. The van der Waals surface area contributed by atoms with E-state index in [9.17, 15) is 4.39 Å². The van der Waals surface area contributed by atoms with E-state index in [0.717, 1.165) is 30.7 Å². The lowest BCUT2D eigenvalue weighted by Gasteiger charge is -2.26. The fraction of sp³-hybridized carbons (Fsp3) is 0.333. The molecule has 0 aliphatic carbocycles. The average Bonchev–Trinajstić information content (AvgIpc) is 3.02. The maximum Gasteiger partial charge on any atom is 0.247 e. The first-order chi connectivity index (χ1) is 12.2. The Balaban J connectivity index is 1.67. The molecule has 0 radical (unpaired) electrons. The van der Waals surface area contributed by atoms with Crippen LogP contribution in [0.2, 0.25) is 0 Å². The molecule has 0 bridgehead atoms. The van der Waals surface area contributed by atoms with Gasteiger partial charge in [-0.15, -0.1) is 0 Å². The molecule has 1 aromatic carbocycles. The van der Waals surface area contributed by atoms with Crippen molar-refractivity contribution < 1.29 is 9.13 Å². The molecule has 0 atom stereocenters. The van der Waals surface area contributed by atoms with E-state index in [2.05, 4.69) is 15.0 Å². The highest BCUT2D eigenvalue weighted by Crippen LogP contribution is 2.30. The predicted octanol–water partition coefficient (Wildman–Crippen LogP) is 3.23. The third kappa shape index (κ3) is 3.28. The molecule has 1 fully saturated rings. The average molecular weight is 341 g/mol. The fourth-order valence-electron chi connectivity index (χ4n) is 3.25. The van der Waals surface area contributed by atoms with Crippen molar-refractivity contribution in [3.05, 3.63) is 48.2 Å². The lowest BCUT2D eigenvalue weighted by Crippen LogP contribution is -2.29. The smallest absolute Gasteiger partial charge is 0.247 e. The number of fused-ring (bicyclic) bond motifs is 1. The van der Waals surface area contributed by atoms with E-state index in [1.807, 2.05) is 12.3 Å². The number of anilines is 1. The van der Waals surface area contributed by atoms with Gasteiger partial charge in [0.15, 0.2) is 11.6 Å². The van der Waals surface area contributed by atoms with Crippen LogP contribution in [0.1, 0.15) is 24.8 Å². The number of benzene rings is 1. The summed E-state index contributed by atoms with van der Waals surface area (Å²) in [6.07, 6.45) is 7.02. The van der Waals surface area contributed by atoms with E-state index in [1.165, 1.54) is 37.7 Å². The second-order valence-corrected chi connectivity index (χ2v) is 6.33. The molecule has 1 aliphatic rings. The van der Waals surface area contributed by atoms with Crippen molar-refractivity contribution in [2.75, 3.05) is 18.8 Å². The summed E-state index contributed by atoms with van der Waals surface area (Å²) in [7, 11) is 0. The summed E-state index contributed by atoms with van der Waals surface area (Å²) in [6, 6.07) is 6.37. The predicted molar refractivity (Wildman–Crippen MR) is 93.0 cm³/mol. The molecule has 3 heterocycles. The second kappa shape index (κ2) is 6.68. The number of rotatable bonds is 4. The van der Waals surface area contributed by atoms with Gasteiger partial charge in [0.05, 0.1) is 0 Å². The Hall–Kier alpha value is -2.67. The number of halogens is 1. The van der Waals surface area contributed by atoms with Crippen LogP contribution in [0, 0.1) is 5.82 Å². The Morgan fingerprint density at radius 1 is 1.16 bits per heavy atom. The highest BCUT2D eigenvalue weighted by Gasteiger charge is 2.17. The van der Waals surface area contributed by atoms with E-state index >= 15 is 0 Å². The Labute approximate surface area is 145 Å². The normalized spacial score (nSPS) is 15.6. The zero-order valence-corrected chi connectivity index (χ0v) is 13.9. The van der Waals surface area contributed by atoms with Gasteiger partial charge in [-0.05, 0) is 49.7 Å². The Bertz CT molecular complexity index is 888. The van der Waals surface area contributed by atoms with Crippen molar-refractivity contribution in [2.24, 2.45) is 0 Å². The van der Waals surface area contributed by atoms with Gasteiger partial charge < -0.3 is 10.5 Å². The highest BCUT2D eigenvalue weighted by atomic mass is 19.1. The second-order valence-electron chi connectivity index (χ2n) is 6.33. The van der Waals surface area contributed by atoms with Crippen molar-refractivity contribution in [3.8, 4) is 11.6 Å². The van der Waals surface area contributed by atoms with Crippen molar-refractivity contribution in [1.29, 1.82) is 0 Å². The van der Waals surface area contributed by atoms with Crippen LogP contribution in [0.4, 0.5) is 10.1 Å². The summed E-state index contributed by atoms with van der Waals surface area (Å²) in [5.41, 5.74) is 7.79. The van der Waals surface area contributed by atoms with Crippen molar-refractivity contribution in [1.82, 2.24) is 19.5 Å². The van der Waals surface area contributed by atoms with Gasteiger partial charge in [0, 0.05) is 24.5 Å². The first-order valence-corrected chi connectivity index (χ1v) is 8.47. The first kappa shape index (κ1) is 15.8.